The lowest BCUT2D eigenvalue weighted by Crippen LogP contribution is -2.34. The van der Waals surface area contributed by atoms with Gasteiger partial charge in [0.05, 0.1) is 24.9 Å². The highest BCUT2D eigenvalue weighted by atomic mass is 32.1. The van der Waals surface area contributed by atoms with Gasteiger partial charge in [0.2, 0.25) is 0 Å². The van der Waals surface area contributed by atoms with Crippen molar-refractivity contribution < 1.29 is 9.90 Å². The van der Waals surface area contributed by atoms with Crippen molar-refractivity contribution in [2.45, 2.75) is 25.1 Å². The fourth-order valence-electron chi connectivity index (χ4n) is 3.00. The quantitative estimate of drug-likeness (QED) is 0.759. The second-order valence-corrected chi connectivity index (χ2v) is 6.83. The lowest BCUT2D eigenvalue weighted by Gasteiger charge is -2.16. The molecule has 2 N–H and O–H groups in total. The number of aromatic nitrogens is 3. The molecule has 1 aromatic carbocycles. The number of benzene rings is 1. The molecular formula is C17H16N4O2S. The highest BCUT2D eigenvalue weighted by Crippen LogP contribution is 2.31. The van der Waals surface area contributed by atoms with Crippen LogP contribution in [-0.2, 0) is 13.0 Å². The molecule has 24 heavy (non-hydrogen) atoms. The highest BCUT2D eigenvalue weighted by Gasteiger charge is 2.32. The maximum absolute atomic E-state index is 12.4. The van der Waals surface area contributed by atoms with Gasteiger partial charge in [-0.05, 0) is 22.6 Å². The van der Waals surface area contributed by atoms with Crippen molar-refractivity contribution in [3.05, 3.63) is 69.7 Å². The Hall–Kier alpha value is -2.51. The van der Waals surface area contributed by atoms with Crippen LogP contribution >= 0.6 is 11.3 Å². The number of carbonyl (C=O) groups is 1. The van der Waals surface area contributed by atoms with Crippen LogP contribution in [0, 0.1) is 0 Å². The Morgan fingerprint density at radius 1 is 1.33 bits per heavy atom. The molecule has 1 aliphatic rings. The molecule has 0 aliphatic heterocycles. The summed E-state index contributed by atoms with van der Waals surface area (Å²) < 4.78 is 1.64. The number of hydrogen-bond acceptors (Lipinski definition) is 5. The molecule has 4 rings (SSSR count). The van der Waals surface area contributed by atoms with Crippen molar-refractivity contribution in [2.75, 3.05) is 0 Å². The van der Waals surface area contributed by atoms with Gasteiger partial charge in [0.15, 0.2) is 5.69 Å². The molecule has 0 radical (unpaired) electrons. The molecule has 2 unspecified atom stereocenters. The Balaban J connectivity index is 1.48. The number of nitrogens with one attached hydrogen (secondary N) is 1. The molecule has 0 saturated carbocycles. The summed E-state index contributed by atoms with van der Waals surface area (Å²) in [5, 5.41) is 23.0. The summed E-state index contributed by atoms with van der Waals surface area (Å²) >= 11 is 1.63. The third-order valence-electron chi connectivity index (χ3n) is 4.16. The Labute approximate surface area is 142 Å². The van der Waals surface area contributed by atoms with E-state index in [9.17, 15) is 9.90 Å². The van der Waals surface area contributed by atoms with Gasteiger partial charge < -0.3 is 10.4 Å². The third kappa shape index (κ3) is 2.83. The van der Waals surface area contributed by atoms with Gasteiger partial charge in [0, 0.05) is 11.3 Å². The average molecular weight is 340 g/mol. The topological polar surface area (TPSA) is 80.0 Å². The van der Waals surface area contributed by atoms with Crippen LogP contribution in [0.5, 0.6) is 0 Å². The number of amides is 1. The lowest BCUT2D eigenvalue weighted by molar-refractivity contribution is 0.0853. The van der Waals surface area contributed by atoms with Crippen LogP contribution in [0.25, 0.3) is 0 Å². The van der Waals surface area contributed by atoms with E-state index in [4.69, 9.17) is 0 Å². The van der Waals surface area contributed by atoms with Gasteiger partial charge in [-0.25, -0.2) is 4.68 Å². The standard InChI is InChI=1S/C17H16N4O2S/c22-15-8-11-4-1-2-6-13(11)16(15)18-17(23)14-10-21(20-19-14)9-12-5-3-7-24-12/h1-7,10,15-16,22H,8-9H2,(H,18,23). The minimum absolute atomic E-state index is 0.253. The lowest BCUT2D eigenvalue weighted by atomic mass is 10.1. The number of carbonyl (C=O) groups excluding carboxylic acids is 1. The van der Waals surface area contributed by atoms with E-state index in [0.29, 0.717) is 13.0 Å². The highest BCUT2D eigenvalue weighted by molar-refractivity contribution is 7.09. The van der Waals surface area contributed by atoms with Gasteiger partial charge in [-0.1, -0.05) is 35.5 Å². The maximum Gasteiger partial charge on any atom is 0.274 e. The van der Waals surface area contributed by atoms with Gasteiger partial charge in [0.1, 0.15) is 0 Å². The van der Waals surface area contributed by atoms with Crippen molar-refractivity contribution >= 4 is 17.2 Å². The summed E-state index contributed by atoms with van der Waals surface area (Å²) in [6.07, 6.45) is 1.56. The van der Waals surface area contributed by atoms with Gasteiger partial charge >= 0.3 is 0 Å². The van der Waals surface area contributed by atoms with E-state index in [1.807, 2.05) is 41.8 Å². The summed E-state index contributed by atoms with van der Waals surface area (Å²) in [5.41, 5.74) is 2.28. The van der Waals surface area contributed by atoms with Crippen molar-refractivity contribution in [1.82, 2.24) is 20.3 Å². The molecule has 0 bridgehead atoms. The second kappa shape index (κ2) is 6.18. The minimum Gasteiger partial charge on any atom is -0.390 e. The SMILES string of the molecule is O=C(NC1c2ccccc2CC1O)c1cn(Cc2cccs2)nn1. The van der Waals surface area contributed by atoms with Crippen LogP contribution in [0.3, 0.4) is 0 Å². The Kier molecular flexibility index (Phi) is 3.87. The predicted octanol–water partition coefficient (Wildman–Crippen LogP) is 1.78. The van der Waals surface area contributed by atoms with E-state index in [1.54, 1.807) is 22.2 Å². The number of aliphatic hydroxyl groups is 1. The zero-order valence-corrected chi connectivity index (χ0v) is 13.6. The first kappa shape index (κ1) is 15.0. The van der Waals surface area contributed by atoms with E-state index >= 15 is 0 Å². The van der Waals surface area contributed by atoms with E-state index in [1.165, 1.54) is 0 Å². The smallest absolute Gasteiger partial charge is 0.274 e. The van der Waals surface area contributed by atoms with Crippen LogP contribution in [0.15, 0.2) is 48.0 Å². The summed E-state index contributed by atoms with van der Waals surface area (Å²) in [4.78, 5) is 13.6. The summed E-state index contributed by atoms with van der Waals surface area (Å²) in [6, 6.07) is 11.3. The number of rotatable bonds is 4. The summed E-state index contributed by atoms with van der Waals surface area (Å²) in [7, 11) is 0. The number of aliphatic hydroxyl groups excluding tert-OH is 1. The first-order chi connectivity index (χ1) is 11.7. The number of hydrogen-bond donors (Lipinski definition) is 2. The van der Waals surface area contributed by atoms with Gasteiger partial charge in [-0.2, -0.15) is 0 Å². The Morgan fingerprint density at radius 3 is 3.04 bits per heavy atom. The zero-order valence-electron chi connectivity index (χ0n) is 12.8. The Morgan fingerprint density at radius 2 is 2.21 bits per heavy atom. The zero-order chi connectivity index (χ0) is 16.5. The summed E-state index contributed by atoms with van der Waals surface area (Å²) in [6.45, 7) is 0.590. The van der Waals surface area contributed by atoms with E-state index in [-0.39, 0.29) is 11.6 Å². The molecule has 0 saturated heterocycles. The predicted molar refractivity (Wildman–Crippen MR) is 89.8 cm³/mol. The van der Waals surface area contributed by atoms with E-state index in [2.05, 4.69) is 15.6 Å². The molecule has 0 fully saturated rings. The van der Waals surface area contributed by atoms with Crippen LogP contribution in [0.4, 0.5) is 0 Å². The number of thiophene rings is 1. The molecule has 2 aromatic heterocycles. The number of fused-ring (bicyclic) bond motifs is 1. The molecule has 6 nitrogen and oxygen atoms in total. The minimum atomic E-state index is -0.618. The molecule has 122 valence electrons. The van der Waals surface area contributed by atoms with Gasteiger partial charge in [-0.3, -0.25) is 4.79 Å². The molecule has 2 heterocycles. The molecule has 3 aromatic rings. The normalized spacial score (nSPS) is 19.2. The number of nitrogens with zero attached hydrogens (tertiary/aromatic N) is 3. The maximum atomic E-state index is 12.4. The van der Waals surface area contributed by atoms with E-state index < -0.39 is 12.1 Å². The largest absolute Gasteiger partial charge is 0.390 e. The first-order valence-corrected chi connectivity index (χ1v) is 8.58. The van der Waals surface area contributed by atoms with Crippen molar-refractivity contribution in [3.8, 4) is 0 Å². The van der Waals surface area contributed by atoms with Crippen LogP contribution < -0.4 is 5.32 Å². The third-order valence-corrected chi connectivity index (χ3v) is 5.02. The molecule has 2 atom stereocenters. The fourth-order valence-corrected chi connectivity index (χ4v) is 3.70. The Bertz CT molecular complexity index is 859. The molecular weight excluding hydrogens is 324 g/mol. The van der Waals surface area contributed by atoms with Crippen molar-refractivity contribution in [1.29, 1.82) is 0 Å². The van der Waals surface area contributed by atoms with Crippen LogP contribution in [0.2, 0.25) is 0 Å². The molecule has 0 spiro atoms. The van der Waals surface area contributed by atoms with E-state index in [0.717, 1.165) is 16.0 Å². The van der Waals surface area contributed by atoms with Gasteiger partial charge in [-0.15, -0.1) is 16.4 Å². The van der Waals surface area contributed by atoms with Gasteiger partial charge in [0.25, 0.3) is 5.91 Å². The van der Waals surface area contributed by atoms with Crippen molar-refractivity contribution in [3.63, 3.8) is 0 Å². The molecule has 7 heteroatoms. The van der Waals surface area contributed by atoms with Crippen LogP contribution in [0.1, 0.15) is 32.5 Å². The first-order valence-electron chi connectivity index (χ1n) is 7.70. The fraction of sp³-hybridized carbons (Fsp3) is 0.235. The monoisotopic (exact) mass is 340 g/mol. The average Bonchev–Trinajstić information content (AvgIpc) is 3.30. The second-order valence-electron chi connectivity index (χ2n) is 5.80. The molecule has 1 aliphatic carbocycles. The van der Waals surface area contributed by atoms with Crippen molar-refractivity contribution in [2.24, 2.45) is 0 Å². The van der Waals surface area contributed by atoms with Crippen LogP contribution in [-0.4, -0.2) is 32.1 Å². The summed E-state index contributed by atoms with van der Waals surface area (Å²) in [5.74, 6) is -0.326. The molecule has 1 amide bonds.